The molecule has 0 atom stereocenters. The lowest BCUT2D eigenvalue weighted by Crippen LogP contribution is -2.42. The van der Waals surface area contributed by atoms with Crippen molar-refractivity contribution in [3.05, 3.63) is 18.0 Å². The Balaban J connectivity index is 2.06. The standard InChI is InChI=1S/C16H25N3O3/c1-3-16(4-2,15(21)22)11-17-14(20)13-9-10-18-19(13)12-7-5-6-8-12/h9-10,12H,3-8,11H2,1-2H3,(H,17,20)(H,21,22). The van der Waals surface area contributed by atoms with Crippen molar-refractivity contribution in [2.75, 3.05) is 6.54 Å². The summed E-state index contributed by atoms with van der Waals surface area (Å²) in [6, 6.07) is 1.99. The molecule has 1 saturated carbocycles. The Morgan fingerprint density at radius 2 is 2.00 bits per heavy atom. The summed E-state index contributed by atoms with van der Waals surface area (Å²) < 4.78 is 1.79. The zero-order chi connectivity index (χ0) is 16.2. The van der Waals surface area contributed by atoms with Crippen LogP contribution in [0, 0.1) is 5.41 Å². The number of aliphatic carboxylic acids is 1. The number of carboxylic acid groups (broad SMARTS) is 1. The monoisotopic (exact) mass is 307 g/mol. The molecule has 1 amide bonds. The molecule has 0 aromatic carbocycles. The highest BCUT2D eigenvalue weighted by molar-refractivity contribution is 5.93. The van der Waals surface area contributed by atoms with Crippen LogP contribution in [0.4, 0.5) is 0 Å². The third kappa shape index (κ3) is 3.15. The van der Waals surface area contributed by atoms with Gasteiger partial charge in [0.2, 0.25) is 0 Å². The van der Waals surface area contributed by atoms with Crippen LogP contribution in [0.25, 0.3) is 0 Å². The molecule has 1 aromatic heterocycles. The Hall–Kier alpha value is -1.85. The van der Waals surface area contributed by atoms with E-state index in [9.17, 15) is 14.7 Å². The largest absolute Gasteiger partial charge is 0.481 e. The number of hydrogen-bond donors (Lipinski definition) is 2. The predicted molar refractivity (Wildman–Crippen MR) is 82.7 cm³/mol. The molecule has 0 saturated heterocycles. The van der Waals surface area contributed by atoms with Crippen molar-refractivity contribution < 1.29 is 14.7 Å². The molecule has 0 aliphatic heterocycles. The molecule has 1 heterocycles. The van der Waals surface area contributed by atoms with E-state index in [-0.39, 0.29) is 18.5 Å². The zero-order valence-electron chi connectivity index (χ0n) is 13.3. The molecule has 6 heteroatoms. The average molecular weight is 307 g/mol. The first-order chi connectivity index (χ1) is 10.5. The van der Waals surface area contributed by atoms with E-state index < -0.39 is 11.4 Å². The van der Waals surface area contributed by atoms with Crippen LogP contribution in [0.5, 0.6) is 0 Å². The molecule has 2 N–H and O–H groups in total. The number of carbonyl (C=O) groups excluding carboxylic acids is 1. The van der Waals surface area contributed by atoms with Crippen molar-refractivity contribution in [1.29, 1.82) is 0 Å². The average Bonchev–Trinajstić information content (AvgIpc) is 3.18. The minimum Gasteiger partial charge on any atom is -0.481 e. The number of amides is 1. The first-order valence-electron chi connectivity index (χ1n) is 8.09. The van der Waals surface area contributed by atoms with Crippen molar-refractivity contribution in [3.8, 4) is 0 Å². The highest BCUT2D eigenvalue weighted by atomic mass is 16.4. The molecule has 0 unspecified atom stereocenters. The van der Waals surface area contributed by atoms with Gasteiger partial charge in [0.15, 0.2) is 0 Å². The normalized spacial score (nSPS) is 15.9. The molecular weight excluding hydrogens is 282 g/mol. The van der Waals surface area contributed by atoms with Crippen molar-refractivity contribution in [2.24, 2.45) is 5.41 Å². The van der Waals surface area contributed by atoms with Gasteiger partial charge in [0.1, 0.15) is 5.69 Å². The summed E-state index contributed by atoms with van der Waals surface area (Å²) in [7, 11) is 0. The van der Waals surface area contributed by atoms with Gasteiger partial charge in [-0.15, -0.1) is 0 Å². The highest BCUT2D eigenvalue weighted by Gasteiger charge is 2.35. The number of rotatable bonds is 7. The van der Waals surface area contributed by atoms with E-state index in [1.807, 2.05) is 13.8 Å². The molecule has 1 aliphatic carbocycles. The van der Waals surface area contributed by atoms with Crippen molar-refractivity contribution in [1.82, 2.24) is 15.1 Å². The molecule has 1 fully saturated rings. The third-order valence-electron chi connectivity index (χ3n) is 4.97. The Morgan fingerprint density at radius 1 is 1.36 bits per heavy atom. The van der Waals surface area contributed by atoms with Crippen LogP contribution >= 0.6 is 0 Å². The maximum atomic E-state index is 12.4. The van der Waals surface area contributed by atoms with E-state index in [1.54, 1.807) is 16.9 Å². The van der Waals surface area contributed by atoms with Crippen molar-refractivity contribution in [2.45, 2.75) is 58.4 Å². The van der Waals surface area contributed by atoms with Gasteiger partial charge >= 0.3 is 5.97 Å². The third-order valence-corrected chi connectivity index (χ3v) is 4.97. The Bertz CT molecular complexity index is 528. The summed E-state index contributed by atoms with van der Waals surface area (Å²) in [5.74, 6) is -1.10. The summed E-state index contributed by atoms with van der Waals surface area (Å²) in [5.41, 5.74) is -0.369. The molecule has 2 rings (SSSR count). The fraction of sp³-hybridized carbons (Fsp3) is 0.688. The maximum absolute atomic E-state index is 12.4. The second-order valence-electron chi connectivity index (χ2n) is 6.07. The lowest BCUT2D eigenvalue weighted by atomic mass is 9.82. The van der Waals surface area contributed by atoms with Gasteiger partial charge in [0.05, 0.1) is 11.5 Å². The number of carbonyl (C=O) groups is 2. The lowest BCUT2D eigenvalue weighted by molar-refractivity contribution is -0.149. The van der Waals surface area contributed by atoms with Crippen LogP contribution in [0.15, 0.2) is 12.3 Å². The molecule has 0 spiro atoms. The van der Waals surface area contributed by atoms with Gasteiger partial charge in [-0.05, 0) is 31.7 Å². The van der Waals surface area contributed by atoms with E-state index in [4.69, 9.17) is 0 Å². The van der Waals surface area contributed by atoms with E-state index in [1.165, 1.54) is 12.8 Å². The Morgan fingerprint density at radius 3 is 2.55 bits per heavy atom. The number of nitrogens with zero attached hydrogens (tertiary/aromatic N) is 2. The fourth-order valence-electron chi connectivity index (χ4n) is 3.15. The fourth-order valence-corrected chi connectivity index (χ4v) is 3.15. The van der Waals surface area contributed by atoms with Gasteiger partial charge in [-0.1, -0.05) is 26.7 Å². The SMILES string of the molecule is CCC(CC)(CNC(=O)c1ccnn1C1CCCC1)C(=O)O. The minimum atomic E-state index is -0.895. The maximum Gasteiger partial charge on any atom is 0.311 e. The topological polar surface area (TPSA) is 84.2 Å². The smallest absolute Gasteiger partial charge is 0.311 e. The van der Waals surface area contributed by atoms with Crippen molar-refractivity contribution in [3.63, 3.8) is 0 Å². The minimum absolute atomic E-state index is 0.143. The highest BCUT2D eigenvalue weighted by Crippen LogP contribution is 2.30. The van der Waals surface area contributed by atoms with Crippen LogP contribution in [0.1, 0.15) is 68.9 Å². The van der Waals surface area contributed by atoms with Crippen LogP contribution < -0.4 is 5.32 Å². The van der Waals surface area contributed by atoms with Gasteiger partial charge in [-0.2, -0.15) is 5.10 Å². The van der Waals surface area contributed by atoms with E-state index in [2.05, 4.69) is 10.4 Å². The Kier molecular flexibility index (Phi) is 5.21. The lowest BCUT2D eigenvalue weighted by Gasteiger charge is -2.27. The second kappa shape index (κ2) is 6.94. The number of nitrogens with one attached hydrogen (secondary N) is 1. The van der Waals surface area contributed by atoms with Gasteiger partial charge in [0, 0.05) is 12.7 Å². The zero-order valence-corrected chi connectivity index (χ0v) is 13.3. The van der Waals surface area contributed by atoms with Gasteiger partial charge in [0.25, 0.3) is 5.91 Å². The van der Waals surface area contributed by atoms with Gasteiger partial charge in [-0.3, -0.25) is 14.3 Å². The summed E-state index contributed by atoms with van der Waals surface area (Å²) in [6.45, 7) is 3.82. The van der Waals surface area contributed by atoms with Gasteiger partial charge < -0.3 is 10.4 Å². The molecule has 22 heavy (non-hydrogen) atoms. The predicted octanol–water partition coefficient (Wildman–Crippen LogP) is 2.62. The summed E-state index contributed by atoms with van der Waals surface area (Å²) >= 11 is 0. The molecule has 122 valence electrons. The quantitative estimate of drug-likeness (QED) is 0.811. The first-order valence-corrected chi connectivity index (χ1v) is 8.09. The van der Waals surface area contributed by atoms with E-state index >= 15 is 0 Å². The Labute approximate surface area is 130 Å². The molecular formula is C16H25N3O3. The summed E-state index contributed by atoms with van der Waals surface area (Å²) in [6.07, 6.45) is 7.04. The molecule has 0 radical (unpaired) electrons. The van der Waals surface area contributed by atoms with Gasteiger partial charge in [-0.25, -0.2) is 0 Å². The van der Waals surface area contributed by atoms with E-state index in [0.29, 0.717) is 18.5 Å². The van der Waals surface area contributed by atoms with Crippen LogP contribution in [-0.4, -0.2) is 33.3 Å². The van der Waals surface area contributed by atoms with Crippen LogP contribution in [-0.2, 0) is 4.79 Å². The molecule has 6 nitrogen and oxygen atoms in total. The molecule has 1 aliphatic rings. The van der Waals surface area contributed by atoms with Crippen LogP contribution in [0.2, 0.25) is 0 Å². The second-order valence-corrected chi connectivity index (χ2v) is 6.07. The first kappa shape index (κ1) is 16.5. The number of aromatic nitrogens is 2. The number of hydrogen-bond acceptors (Lipinski definition) is 3. The number of carboxylic acids is 1. The van der Waals surface area contributed by atoms with E-state index in [0.717, 1.165) is 12.8 Å². The van der Waals surface area contributed by atoms with Crippen LogP contribution in [0.3, 0.4) is 0 Å². The molecule has 1 aromatic rings. The molecule has 0 bridgehead atoms. The van der Waals surface area contributed by atoms with Crippen molar-refractivity contribution >= 4 is 11.9 Å². The summed E-state index contributed by atoms with van der Waals surface area (Å²) in [5, 5.41) is 16.5. The summed E-state index contributed by atoms with van der Waals surface area (Å²) in [4.78, 5) is 23.9.